The number of carbonyl (C=O) groups is 2. The molecule has 0 radical (unpaired) electrons. The van der Waals surface area contributed by atoms with E-state index in [1.54, 1.807) is 6.92 Å². The summed E-state index contributed by atoms with van der Waals surface area (Å²) in [5.74, 6) is -0.223. The van der Waals surface area contributed by atoms with E-state index in [4.69, 9.17) is 9.47 Å². The molecule has 0 aromatic carbocycles. The van der Waals surface area contributed by atoms with Crippen molar-refractivity contribution in [3.63, 3.8) is 0 Å². The van der Waals surface area contributed by atoms with Gasteiger partial charge in [-0.05, 0) is 75.9 Å². The topological polar surface area (TPSA) is 114 Å². The van der Waals surface area contributed by atoms with Gasteiger partial charge in [0.25, 0.3) is 0 Å². The molecule has 1 aromatic heterocycles. The van der Waals surface area contributed by atoms with Crippen molar-refractivity contribution in [2.24, 2.45) is 15.9 Å². The second-order valence-electron chi connectivity index (χ2n) is 10.7. The minimum Gasteiger partial charge on any atom is -0.477 e. The molecule has 9 nitrogen and oxygen atoms in total. The first-order valence-corrected chi connectivity index (χ1v) is 15.1. The molecule has 2 fully saturated rings. The van der Waals surface area contributed by atoms with Gasteiger partial charge in [0.05, 0.1) is 18.0 Å². The van der Waals surface area contributed by atoms with E-state index in [1.165, 1.54) is 6.20 Å². The smallest absolute Gasteiger partial charge is 0.434 e. The van der Waals surface area contributed by atoms with Crippen LogP contribution in [0.3, 0.4) is 0 Å². The van der Waals surface area contributed by atoms with Gasteiger partial charge in [0.2, 0.25) is 0 Å². The predicted octanol–water partition coefficient (Wildman–Crippen LogP) is 5.78. The number of alkyl halides is 3. The van der Waals surface area contributed by atoms with E-state index in [0.717, 1.165) is 68.1 Å². The lowest BCUT2D eigenvalue weighted by Crippen LogP contribution is -2.41. The lowest BCUT2D eigenvalue weighted by Gasteiger charge is -2.30. The van der Waals surface area contributed by atoms with E-state index in [1.807, 2.05) is 0 Å². The van der Waals surface area contributed by atoms with E-state index in [9.17, 15) is 22.8 Å². The Bertz CT molecular complexity index is 1270. The van der Waals surface area contributed by atoms with Crippen LogP contribution in [-0.4, -0.2) is 54.0 Å². The van der Waals surface area contributed by atoms with Crippen molar-refractivity contribution in [1.29, 1.82) is 0 Å². The minimum absolute atomic E-state index is 0.0144. The summed E-state index contributed by atoms with van der Waals surface area (Å²) in [5.41, 5.74) is 0.597. The highest BCUT2D eigenvalue weighted by Crippen LogP contribution is 2.40. The quantitative estimate of drug-likeness (QED) is 0.406. The number of esters is 1. The Labute approximate surface area is 240 Å². The van der Waals surface area contributed by atoms with Gasteiger partial charge in [0.1, 0.15) is 23.1 Å². The summed E-state index contributed by atoms with van der Waals surface area (Å²) in [6.45, 7) is 2.26. The Kier molecular flexibility index (Phi) is 9.10. The number of hydrogen-bond acceptors (Lipinski definition) is 8. The van der Waals surface area contributed by atoms with Gasteiger partial charge in [-0.25, -0.2) is 19.6 Å². The van der Waals surface area contributed by atoms with Crippen LogP contribution in [0.5, 0.6) is 0 Å². The molecule has 1 atom stereocenters. The zero-order chi connectivity index (χ0) is 29.0. The fourth-order valence-corrected chi connectivity index (χ4v) is 6.54. The number of dihydropyridines is 1. The number of halogens is 3. The summed E-state index contributed by atoms with van der Waals surface area (Å²) >= 11 is 0.885. The number of urea groups is 1. The number of nitrogens with one attached hydrogen (secondary N) is 2. The number of ether oxygens (including phenoxy) is 2. The van der Waals surface area contributed by atoms with Crippen LogP contribution in [0.1, 0.15) is 81.8 Å². The van der Waals surface area contributed by atoms with E-state index in [-0.39, 0.29) is 36.6 Å². The number of nitrogens with zero attached hydrogens (tertiary/aromatic N) is 3. The normalized spacial score (nSPS) is 22.2. The first kappa shape index (κ1) is 29.3. The van der Waals surface area contributed by atoms with Crippen LogP contribution < -0.4 is 10.6 Å². The summed E-state index contributed by atoms with van der Waals surface area (Å²) in [7, 11) is 0. The SMILES string of the molecule is CCNC(=O)NC1=NCC(C2CC(C(=O)OC3CCCC3)=CN=C2OC2CCCC2)=C(c2nc(C(F)(F)F)cs2)C1. The van der Waals surface area contributed by atoms with E-state index >= 15 is 0 Å². The van der Waals surface area contributed by atoms with Crippen LogP contribution in [-0.2, 0) is 20.4 Å². The van der Waals surface area contributed by atoms with Crippen molar-refractivity contribution in [2.45, 2.75) is 89.5 Å². The maximum absolute atomic E-state index is 13.5. The van der Waals surface area contributed by atoms with E-state index in [0.29, 0.717) is 35.0 Å². The van der Waals surface area contributed by atoms with Crippen LogP contribution in [0.4, 0.5) is 18.0 Å². The van der Waals surface area contributed by atoms with Crippen molar-refractivity contribution in [3.05, 3.63) is 33.4 Å². The zero-order valence-electron chi connectivity index (χ0n) is 22.9. The largest absolute Gasteiger partial charge is 0.477 e. The van der Waals surface area contributed by atoms with Gasteiger partial charge in [-0.1, -0.05) is 0 Å². The van der Waals surface area contributed by atoms with Crippen molar-refractivity contribution < 1.29 is 32.2 Å². The highest BCUT2D eigenvalue weighted by Gasteiger charge is 2.38. The first-order chi connectivity index (χ1) is 19.7. The maximum atomic E-state index is 13.5. The molecule has 2 aliphatic carbocycles. The van der Waals surface area contributed by atoms with Crippen molar-refractivity contribution >= 4 is 40.6 Å². The second-order valence-corrected chi connectivity index (χ2v) is 11.5. The third-order valence-corrected chi connectivity index (χ3v) is 8.64. The van der Waals surface area contributed by atoms with Crippen molar-refractivity contribution in [3.8, 4) is 0 Å². The Balaban J connectivity index is 1.48. The molecule has 2 aliphatic heterocycles. The fourth-order valence-electron chi connectivity index (χ4n) is 5.63. The van der Waals surface area contributed by atoms with Gasteiger partial charge < -0.3 is 14.8 Å². The fraction of sp³-hybridized carbons (Fsp3) is 0.607. The minimum atomic E-state index is -4.59. The molecular formula is C28H34F3N5O4S. The highest BCUT2D eigenvalue weighted by atomic mass is 32.1. The Morgan fingerprint density at radius 2 is 1.80 bits per heavy atom. The van der Waals surface area contributed by atoms with Crippen LogP contribution in [0.2, 0.25) is 0 Å². The van der Waals surface area contributed by atoms with Crippen molar-refractivity contribution in [1.82, 2.24) is 15.6 Å². The number of aromatic nitrogens is 1. The molecule has 2 N–H and O–H groups in total. The standard InChI is InChI=1S/C28H34F3N5O4S/c1-2-32-27(38)36-23-12-20(25-35-22(15-41-25)28(29,30)31)21(14-33-23)19-11-16(26(37)40-18-9-5-6-10-18)13-34-24(19)39-17-7-3-4-8-17/h13,15,17-19H,2-12,14H2,1H3,(H2,32,33,36,38). The molecule has 41 heavy (non-hydrogen) atoms. The summed E-state index contributed by atoms with van der Waals surface area (Å²) in [6.07, 6.45) is 4.63. The summed E-state index contributed by atoms with van der Waals surface area (Å²) in [6, 6.07) is -0.450. The van der Waals surface area contributed by atoms with Gasteiger partial charge in [0, 0.05) is 24.5 Å². The molecule has 3 heterocycles. The molecule has 0 saturated heterocycles. The number of hydrogen-bond donors (Lipinski definition) is 2. The Morgan fingerprint density at radius 3 is 2.46 bits per heavy atom. The molecule has 0 bridgehead atoms. The summed E-state index contributed by atoms with van der Waals surface area (Å²) < 4.78 is 52.6. The number of amidine groups is 1. The Hall–Kier alpha value is -3.22. The van der Waals surface area contributed by atoms with Gasteiger partial charge in [-0.2, -0.15) is 13.2 Å². The lowest BCUT2D eigenvalue weighted by molar-refractivity contribution is -0.144. The number of carbonyl (C=O) groups excluding carboxylic acids is 2. The van der Waals surface area contributed by atoms with Crippen LogP contribution in [0.15, 0.2) is 32.7 Å². The molecular weight excluding hydrogens is 559 g/mol. The second kappa shape index (κ2) is 12.7. The van der Waals surface area contributed by atoms with E-state index in [2.05, 4.69) is 25.6 Å². The molecule has 4 aliphatic rings. The van der Waals surface area contributed by atoms with Gasteiger partial charge in [-0.15, -0.1) is 11.3 Å². The predicted molar refractivity (Wildman–Crippen MR) is 148 cm³/mol. The summed E-state index contributed by atoms with van der Waals surface area (Å²) in [4.78, 5) is 38.3. The van der Waals surface area contributed by atoms with Crippen LogP contribution in [0.25, 0.3) is 5.57 Å². The monoisotopic (exact) mass is 593 g/mol. The number of thiazole rings is 1. The number of rotatable bonds is 6. The molecule has 5 rings (SSSR count). The maximum Gasteiger partial charge on any atom is 0.434 e. The van der Waals surface area contributed by atoms with Gasteiger partial charge in [-0.3, -0.25) is 10.3 Å². The van der Waals surface area contributed by atoms with E-state index < -0.39 is 29.8 Å². The molecule has 1 unspecified atom stereocenters. The highest BCUT2D eigenvalue weighted by molar-refractivity contribution is 7.10. The average molecular weight is 594 g/mol. The molecule has 0 spiro atoms. The molecule has 13 heteroatoms. The van der Waals surface area contributed by atoms with Gasteiger partial charge in [0.15, 0.2) is 11.6 Å². The number of amides is 2. The molecule has 222 valence electrons. The molecule has 2 amide bonds. The zero-order valence-corrected chi connectivity index (χ0v) is 23.7. The molecule has 1 aromatic rings. The van der Waals surface area contributed by atoms with Gasteiger partial charge >= 0.3 is 18.2 Å². The van der Waals surface area contributed by atoms with Crippen LogP contribution in [0, 0.1) is 5.92 Å². The first-order valence-electron chi connectivity index (χ1n) is 14.2. The lowest BCUT2D eigenvalue weighted by atomic mass is 9.84. The van der Waals surface area contributed by atoms with Crippen LogP contribution >= 0.6 is 11.3 Å². The number of aliphatic imine (C=N–C) groups is 2. The molecule has 2 saturated carbocycles. The third kappa shape index (κ3) is 7.17. The third-order valence-electron chi connectivity index (χ3n) is 7.74. The Morgan fingerprint density at radius 1 is 1.10 bits per heavy atom. The summed E-state index contributed by atoms with van der Waals surface area (Å²) in [5, 5.41) is 6.49. The average Bonchev–Trinajstić information content (AvgIpc) is 3.72. The van der Waals surface area contributed by atoms with Crippen molar-refractivity contribution in [2.75, 3.05) is 13.1 Å².